The van der Waals surface area contributed by atoms with Crippen molar-refractivity contribution in [2.75, 3.05) is 6.61 Å². The average Bonchev–Trinajstić information content (AvgIpc) is 2.41. The number of ether oxygens (including phenoxy) is 2. The van der Waals surface area contributed by atoms with Crippen LogP contribution in [0.15, 0.2) is 35.8 Å². The summed E-state index contributed by atoms with van der Waals surface area (Å²) in [5.74, 6) is 0. The van der Waals surface area contributed by atoms with E-state index in [1.807, 2.05) is 19.3 Å². The molecule has 1 aliphatic heterocycles. The van der Waals surface area contributed by atoms with Gasteiger partial charge in [-0.3, -0.25) is 0 Å². The third kappa shape index (κ3) is 1.30. The van der Waals surface area contributed by atoms with Gasteiger partial charge in [-0.2, -0.15) is 0 Å². The summed E-state index contributed by atoms with van der Waals surface area (Å²) in [5, 5.41) is 0. The molecule has 2 rings (SSSR count). The minimum Gasteiger partial charge on any atom is -0.472 e. The van der Waals surface area contributed by atoms with Crippen molar-refractivity contribution in [3.05, 3.63) is 35.8 Å². The molecule has 0 fully saturated rings. The number of allylic oxidation sites excluding steroid dienone is 2. The Labute approximate surface area is 84.9 Å². The maximum Gasteiger partial charge on any atom is 0.0945 e. The minimum atomic E-state index is 0.0239. The largest absolute Gasteiger partial charge is 0.472 e. The molecule has 0 bridgehead atoms. The highest BCUT2D eigenvalue weighted by Gasteiger charge is 2.40. The van der Waals surface area contributed by atoms with Gasteiger partial charge in [0.1, 0.15) is 0 Å². The summed E-state index contributed by atoms with van der Waals surface area (Å²) in [4.78, 5) is 0. The first kappa shape index (κ1) is 9.53. The van der Waals surface area contributed by atoms with Gasteiger partial charge in [0.05, 0.1) is 18.6 Å². The van der Waals surface area contributed by atoms with E-state index in [2.05, 4.69) is 19.9 Å². The van der Waals surface area contributed by atoms with E-state index < -0.39 is 0 Å². The normalized spacial score (nSPS) is 27.8. The van der Waals surface area contributed by atoms with Gasteiger partial charge in [0.15, 0.2) is 0 Å². The molecule has 1 heterocycles. The summed E-state index contributed by atoms with van der Waals surface area (Å²) >= 11 is 0. The molecule has 2 nitrogen and oxygen atoms in total. The number of fused-ring (bicyclic) bond motifs is 1. The Morgan fingerprint density at radius 2 is 2.29 bits per heavy atom. The molecule has 0 saturated heterocycles. The van der Waals surface area contributed by atoms with Gasteiger partial charge in [0.25, 0.3) is 0 Å². The van der Waals surface area contributed by atoms with Crippen LogP contribution < -0.4 is 0 Å². The molecule has 0 aromatic heterocycles. The number of hydrogen-bond acceptors (Lipinski definition) is 2. The van der Waals surface area contributed by atoms with E-state index in [9.17, 15) is 0 Å². The topological polar surface area (TPSA) is 18.5 Å². The lowest BCUT2D eigenvalue weighted by Crippen LogP contribution is -2.28. The molecule has 76 valence electrons. The molecule has 0 amide bonds. The van der Waals surface area contributed by atoms with Crippen LogP contribution in [0.25, 0.3) is 0 Å². The summed E-state index contributed by atoms with van der Waals surface area (Å²) < 4.78 is 10.9. The van der Waals surface area contributed by atoms with Gasteiger partial charge in [0.2, 0.25) is 0 Å². The molecule has 0 aromatic rings. The van der Waals surface area contributed by atoms with E-state index in [1.165, 1.54) is 11.1 Å². The third-order valence-electron chi connectivity index (χ3n) is 2.91. The van der Waals surface area contributed by atoms with Gasteiger partial charge in [-0.15, -0.1) is 0 Å². The fourth-order valence-corrected chi connectivity index (χ4v) is 2.01. The molecular formula is C12H16O2. The Kier molecular flexibility index (Phi) is 2.23. The van der Waals surface area contributed by atoms with Crippen molar-refractivity contribution >= 4 is 0 Å². The van der Waals surface area contributed by atoms with E-state index in [-0.39, 0.29) is 11.5 Å². The van der Waals surface area contributed by atoms with Crippen molar-refractivity contribution in [1.29, 1.82) is 0 Å². The van der Waals surface area contributed by atoms with Crippen LogP contribution in [-0.4, -0.2) is 12.7 Å². The fourth-order valence-electron chi connectivity index (χ4n) is 2.01. The number of rotatable bonds is 2. The summed E-state index contributed by atoms with van der Waals surface area (Å²) in [5.41, 5.74) is 2.49. The third-order valence-corrected chi connectivity index (χ3v) is 2.91. The highest BCUT2D eigenvalue weighted by Crippen LogP contribution is 2.45. The zero-order chi connectivity index (χ0) is 10.2. The molecule has 1 atom stereocenters. The summed E-state index contributed by atoms with van der Waals surface area (Å²) in [6.45, 7) is 7.14. The molecule has 0 radical (unpaired) electrons. The molecule has 0 N–H and O–H groups in total. The maximum absolute atomic E-state index is 5.70. The van der Waals surface area contributed by atoms with Crippen LogP contribution in [0.2, 0.25) is 0 Å². The molecule has 1 unspecified atom stereocenters. The van der Waals surface area contributed by atoms with Gasteiger partial charge in [0, 0.05) is 17.6 Å². The van der Waals surface area contributed by atoms with E-state index in [0.717, 1.165) is 6.61 Å². The average molecular weight is 192 g/mol. The Bertz CT molecular complexity index is 321. The highest BCUT2D eigenvalue weighted by atomic mass is 16.5. The van der Waals surface area contributed by atoms with Crippen LogP contribution in [0.5, 0.6) is 0 Å². The standard InChI is InChI=1S/C12H16O2/c1-4-14-11-7-9-5-6-13-8-10(9)12(11,2)3/h5-8,11H,4H2,1-3H3. The monoisotopic (exact) mass is 192 g/mol. The van der Waals surface area contributed by atoms with E-state index >= 15 is 0 Å². The Morgan fingerprint density at radius 1 is 1.50 bits per heavy atom. The van der Waals surface area contributed by atoms with Crippen molar-refractivity contribution < 1.29 is 9.47 Å². The first-order chi connectivity index (χ1) is 6.66. The summed E-state index contributed by atoms with van der Waals surface area (Å²) in [6.07, 6.45) is 7.87. The Hall–Kier alpha value is -1.02. The Balaban J connectivity index is 2.31. The van der Waals surface area contributed by atoms with Crippen molar-refractivity contribution in [2.45, 2.75) is 26.9 Å². The molecule has 0 aromatic carbocycles. The van der Waals surface area contributed by atoms with Gasteiger partial charge in [-0.1, -0.05) is 13.8 Å². The van der Waals surface area contributed by atoms with E-state index in [4.69, 9.17) is 9.47 Å². The zero-order valence-electron chi connectivity index (χ0n) is 8.91. The van der Waals surface area contributed by atoms with Crippen molar-refractivity contribution in [2.24, 2.45) is 5.41 Å². The summed E-state index contributed by atoms with van der Waals surface area (Å²) in [6, 6.07) is 0. The lowest BCUT2D eigenvalue weighted by Gasteiger charge is -2.28. The first-order valence-corrected chi connectivity index (χ1v) is 5.02. The lowest BCUT2D eigenvalue weighted by molar-refractivity contribution is 0.0372. The predicted molar refractivity (Wildman–Crippen MR) is 55.6 cm³/mol. The second-order valence-electron chi connectivity index (χ2n) is 4.19. The second kappa shape index (κ2) is 3.28. The van der Waals surface area contributed by atoms with E-state index in [1.54, 1.807) is 6.26 Å². The molecule has 2 aliphatic rings. The predicted octanol–water partition coefficient (Wildman–Crippen LogP) is 2.79. The quantitative estimate of drug-likeness (QED) is 0.669. The molecule has 0 saturated carbocycles. The fraction of sp³-hybridized carbons (Fsp3) is 0.500. The van der Waals surface area contributed by atoms with Gasteiger partial charge >= 0.3 is 0 Å². The highest BCUT2D eigenvalue weighted by molar-refractivity contribution is 5.50. The smallest absolute Gasteiger partial charge is 0.0945 e. The van der Waals surface area contributed by atoms with Gasteiger partial charge in [-0.05, 0) is 24.6 Å². The second-order valence-corrected chi connectivity index (χ2v) is 4.19. The molecule has 1 aliphatic carbocycles. The maximum atomic E-state index is 5.70. The first-order valence-electron chi connectivity index (χ1n) is 5.02. The van der Waals surface area contributed by atoms with Crippen molar-refractivity contribution in [3.63, 3.8) is 0 Å². The lowest BCUT2D eigenvalue weighted by atomic mass is 9.82. The van der Waals surface area contributed by atoms with Gasteiger partial charge in [-0.25, -0.2) is 0 Å². The number of hydrogen-bond donors (Lipinski definition) is 0. The van der Waals surface area contributed by atoms with Crippen molar-refractivity contribution in [3.8, 4) is 0 Å². The van der Waals surface area contributed by atoms with Crippen molar-refractivity contribution in [1.82, 2.24) is 0 Å². The molecule has 0 spiro atoms. The molecular weight excluding hydrogens is 176 g/mol. The van der Waals surface area contributed by atoms with Crippen LogP contribution in [0.3, 0.4) is 0 Å². The molecule has 14 heavy (non-hydrogen) atoms. The minimum absolute atomic E-state index is 0.0239. The van der Waals surface area contributed by atoms with Gasteiger partial charge < -0.3 is 9.47 Å². The Morgan fingerprint density at radius 3 is 2.93 bits per heavy atom. The van der Waals surface area contributed by atoms with Crippen LogP contribution in [-0.2, 0) is 9.47 Å². The van der Waals surface area contributed by atoms with Crippen LogP contribution >= 0.6 is 0 Å². The summed E-state index contributed by atoms with van der Waals surface area (Å²) in [7, 11) is 0. The molecule has 2 heteroatoms. The van der Waals surface area contributed by atoms with Crippen LogP contribution in [0, 0.1) is 5.41 Å². The zero-order valence-corrected chi connectivity index (χ0v) is 8.91. The van der Waals surface area contributed by atoms with Crippen LogP contribution in [0.4, 0.5) is 0 Å². The van der Waals surface area contributed by atoms with E-state index in [0.29, 0.717) is 0 Å². The SMILES string of the molecule is CCOC1C=C2C=COC=C2C1(C)C. The van der Waals surface area contributed by atoms with Crippen LogP contribution in [0.1, 0.15) is 20.8 Å².